The molecule has 2 heterocycles. The minimum absolute atomic E-state index is 0.133. The van der Waals surface area contributed by atoms with Gasteiger partial charge in [-0.3, -0.25) is 0 Å². The Morgan fingerprint density at radius 1 is 1.38 bits per heavy atom. The molecule has 2 unspecified atom stereocenters. The van der Waals surface area contributed by atoms with Crippen molar-refractivity contribution in [3.8, 4) is 0 Å². The molecule has 0 spiro atoms. The van der Waals surface area contributed by atoms with Crippen LogP contribution in [-0.4, -0.2) is 23.1 Å². The first kappa shape index (κ1) is 10.2. The number of aryl methyl sites for hydroxylation is 1. The van der Waals surface area contributed by atoms with E-state index in [1.165, 1.54) is 18.4 Å². The molecule has 0 amide bonds. The lowest BCUT2D eigenvalue weighted by atomic mass is 9.98. The molecule has 0 radical (unpaired) electrons. The van der Waals surface area contributed by atoms with Crippen LogP contribution >= 0.6 is 0 Å². The molecular formula is C12H18N4. The minimum Gasteiger partial charge on any atom is -0.323 e. The molecule has 2 atom stereocenters. The van der Waals surface area contributed by atoms with Crippen LogP contribution in [0.3, 0.4) is 0 Å². The Morgan fingerprint density at radius 2 is 2.31 bits per heavy atom. The van der Waals surface area contributed by atoms with Crippen LogP contribution in [-0.2, 0) is 6.42 Å². The second-order valence-electron chi connectivity index (χ2n) is 4.83. The van der Waals surface area contributed by atoms with E-state index in [1.807, 2.05) is 6.20 Å². The summed E-state index contributed by atoms with van der Waals surface area (Å²) in [6.07, 6.45) is 6.47. The Labute approximate surface area is 95.7 Å². The first-order chi connectivity index (χ1) is 7.84. The maximum Gasteiger partial charge on any atom is 0.132 e. The number of fused-ring (bicyclic) bond motifs is 1. The molecule has 0 bridgehead atoms. The molecule has 1 aromatic heterocycles. The molecule has 1 aliphatic heterocycles. The van der Waals surface area contributed by atoms with Gasteiger partial charge in [0.1, 0.15) is 5.82 Å². The number of nitrogens with one attached hydrogen (secondary N) is 1. The standard InChI is InChI=1S/C12H18N4/c13-10-4-3-8-7-15-12(16-11(8)10)9-2-1-5-14-6-9/h7,9-10,14H,1-6,13H2. The van der Waals surface area contributed by atoms with Gasteiger partial charge >= 0.3 is 0 Å². The van der Waals surface area contributed by atoms with Gasteiger partial charge in [0.15, 0.2) is 0 Å². The summed E-state index contributed by atoms with van der Waals surface area (Å²) in [6, 6.07) is 0.133. The summed E-state index contributed by atoms with van der Waals surface area (Å²) in [5.41, 5.74) is 8.38. The Balaban J connectivity index is 1.88. The van der Waals surface area contributed by atoms with Crippen LogP contribution in [0.1, 0.15) is 48.3 Å². The lowest BCUT2D eigenvalue weighted by Gasteiger charge is -2.21. The van der Waals surface area contributed by atoms with Crippen molar-refractivity contribution in [2.45, 2.75) is 37.6 Å². The van der Waals surface area contributed by atoms with E-state index >= 15 is 0 Å². The quantitative estimate of drug-likeness (QED) is 0.735. The monoisotopic (exact) mass is 218 g/mol. The SMILES string of the molecule is NC1CCc2cnc(C3CCCNC3)nc21. The summed E-state index contributed by atoms with van der Waals surface area (Å²) >= 11 is 0. The van der Waals surface area contributed by atoms with E-state index in [4.69, 9.17) is 5.73 Å². The van der Waals surface area contributed by atoms with Crippen molar-refractivity contribution >= 4 is 0 Å². The van der Waals surface area contributed by atoms with E-state index in [-0.39, 0.29) is 6.04 Å². The zero-order valence-electron chi connectivity index (χ0n) is 9.45. The highest BCUT2D eigenvalue weighted by molar-refractivity contribution is 5.26. The van der Waals surface area contributed by atoms with Gasteiger partial charge in [0.25, 0.3) is 0 Å². The predicted octanol–water partition coefficient (Wildman–Crippen LogP) is 0.890. The maximum absolute atomic E-state index is 6.04. The summed E-state index contributed by atoms with van der Waals surface area (Å²) in [5, 5.41) is 3.40. The van der Waals surface area contributed by atoms with Crippen molar-refractivity contribution in [2.75, 3.05) is 13.1 Å². The van der Waals surface area contributed by atoms with E-state index < -0.39 is 0 Å². The molecule has 1 fully saturated rings. The molecule has 1 aromatic rings. The average molecular weight is 218 g/mol. The van der Waals surface area contributed by atoms with Crippen LogP contribution in [0.15, 0.2) is 6.20 Å². The fraction of sp³-hybridized carbons (Fsp3) is 0.667. The Hall–Kier alpha value is -1.00. The van der Waals surface area contributed by atoms with Gasteiger partial charge in [0, 0.05) is 24.7 Å². The zero-order chi connectivity index (χ0) is 11.0. The van der Waals surface area contributed by atoms with Crippen LogP contribution in [0.5, 0.6) is 0 Å². The van der Waals surface area contributed by atoms with Crippen molar-refractivity contribution in [1.82, 2.24) is 15.3 Å². The van der Waals surface area contributed by atoms with Gasteiger partial charge in [-0.05, 0) is 37.8 Å². The van der Waals surface area contributed by atoms with Crippen molar-refractivity contribution in [2.24, 2.45) is 5.73 Å². The van der Waals surface area contributed by atoms with Crippen LogP contribution in [0.25, 0.3) is 0 Å². The Morgan fingerprint density at radius 3 is 3.12 bits per heavy atom. The summed E-state index contributed by atoms with van der Waals surface area (Å²) < 4.78 is 0. The number of hydrogen-bond donors (Lipinski definition) is 2. The minimum atomic E-state index is 0.133. The molecule has 2 aliphatic rings. The summed E-state index contributed by atoms with van der Waals surface area (Å²) in [6.45, 7) is 2.13. The highest BCUT2D eigenvalue weighted by Crippen LogP contribution is 2.29. The van der Waals surface area contributed by atoms with Crippen molar-refractivity contribution in [3.63, 3.8) is 0 Å². The number of hydrogen-bond acceptors (Lipinski definition) is 4. The molecule has 16 heavy (non-hydrogen) atoms. The lowest BCUT2D eigenvalue weighted by Crippen LogP contribution is -2.29. The van der Waals surface area contributed by atoms with Gasteiger partial charge in [-0.2, -0.15) is 0 Å². The largest absolute Gasteiger partial charge is 0.323 e. The number of nitrogens with zero attached hydrogens (tertiary/aromatic N) is 2. The second kappa shape index (κ2) is 4.11. The zero-order valence-corrected chi connectivity index (χ0v) is 9.45. The molecule has 0 saturated carbocycles. The first-order valence-electron chi connectivity index (χ1n) is 6.16. The third-order valence-corrected chi connectivity index (χ3v) is 3.65. The molecule has 3 N–H and O–H groups in total. The predicted molar refractivity (Wildman–Crippen MR) is 62.1 cm³/mol. The molecular weight excluding hydrogens is 200 g/mol. The van der Waals surface area contributed by atoms with Crippen molar-refractivity contribution < 1.29 is 0 Å². The van der Waals surface area contributed by atoms with Gasteiger partial charge in [-0.1, -0.05) is 0 Å². The summed E-state index contributed by atoms with van der Waals surface area (Å²) in [7, 11) is 0. The van der Waals surface area contributed by atoms with E-state index in [9.17, 15) is 0 Å². The van der Waals surface area contributed by atoms with Crippen molar-refractivity contribution in [3.05, 3.63) is 23.3 Å². The van der Waals surface area contributed by atoms with Gasteiger partial charge in [-0.15, -0.1) is 0 Å². The normalized spacial score (nSPS) is 29.1. The number of aromatic nitrogens is 2. The highest BCUT2D eigenvalue weighted by atomic mass is 15.0. The van der Waals surface area contributed by atoms with E-state index in [0.717, 1.165) is 37.4 Å². The van der Waals surface area contributed by atoms with E-state index in [0.29, 0.717) is 5.92 Å². The Bertz CT molecular complexity index is 385. The first-order valence-corrected chi connectivity index (χ1v) is 6.16. The topological polar surface area (TPSA) is 63.8 Å². The summed E-state index contributed by atoms with van der Waals surface area (Å²) in [5.74, 6) is 1.47. The maximum atomic E-state index is 6.04. The number of nitrogens with two attached hydrogens (primary N) is 1. The van der Waals surface area contributed by atoms with Crippen LogP contribution in [0, 0.1) is 0 Å². The van der Waals surface area contributed by atoms with E-state index in [2.05, 4.69) is 15.3 Å². The molecule has 0 aromatic carbocycles. The van der Waals surface area contributed by atoms with Gasteiger partial charge in [0.2, 0.25) is 0 Å². The third kappa shape index (κ3) is 1.72. The molecule has 1 saturated heterocycles. The van der Waals surface area contributed by atoms with Crippen LogP contribution in [0.4, 0.5) is 0 Å². The third-order valence-electron chi connectivity index (χ3n) is 3.65. The van der Waals surface area contributed by atoms with E-state index in [1.54, 1.807) is 0 Å². The van der Waals surface area contributed by atoms with Crippen LogP contribution < -0.4 is 11.1 Å². The van der Waals surface area contributed by atoms with Crippen LogP contribution in [0.2, 0.25) is 0 Å². The van der Waals surface area contributed by atoms with Gasteiger partial charge in [0.05, 0.1) is 5.69 Å². The highest BCUT2D eigenvalue weighted by Gasteiger charge is 2.24. The van der Waals surface area contributed by atoms with Gasteiger partial charge < -0.3 is 11.1 Å². The number of piperidine rings is 1. The van der Waals surface area contributed by atoms with Gasteiger partial charge in [-0.25, -0.2) is 9.97 Å². The molecule has 3 rings (SSSR count). The number of rotatable bonds is 1. The summed E-state index contributed by atoms with van der Waals surface area (Å²) in [4.78, 5) is 9.18. The Kier molecular flexibility index (Phi) is 2.61. The molecule has 4 nitrogen and oxygen atoms in total. The fourth-order valence-electron chi connectivity index (χ4n) is 2.66. The average Bonchev–Trinajstić information content (AvgIpc) is 2.72. The molecule has 1 aliphatic carbocycles. The lowest BCUT2D eigenvalue weighted by molar-refractivity contribution is 0.445. The fourth-order valence-corrected chi connectivity index (χ4v) is 2.66. The molecule has 4 heteroatoms. The second-order valence-corrected chi connectivity index (χ2v) is 4.83. The smallest absolute Gasteiger partial charge is 0.132 e. The van der Waals surface area contributed by atoms with Crippen molar-refractivity contribution in [1.29, 1.82) is 0 Å². The molecule has 86 valence electrons.